The summed E-state index contributed by atoms with van der Waals surface area (Å²) in [5, 5.41) is 31.7. The van der Waals surface area contributed by atoms with Gasteiger partial charge in [-0.15, -0.1) is 0 Å². The molecule has 0 spiro atoms. The van der Waals surface area contributed by atoms with Gasteiger partial charge in [0.15, 0.2) is 5.84 Å². The van der Waals surface area contributed by atoms with Crippen LogP contribution in [0.25, 0.3) is 0 Å². The van der Waals surface area contributed by atoms with Crippen molar-refractivity contribution in [3.05, 3.63) is 23.8 Å². The highest BCUT2D eigenvalue weighted by molar-refractivity contribution is 7.54. The Bertz CT molecular complexity index is 1290. The van der Waals surface area contributed by atoms with Gasteiger partial charge in [-0.1, -0.05) is 41.2 Å². The number of hydrogen-bond acceptors (Lipinski definition) is 13. The van der Waals surface area contributed by atoms with Gasteiger partial charge in [-0.25, -0.2) is 10.2 Å². The third-order valence-electron chi connectivity index (χ3n) is 8.55. The SMILES string of the molecule is C=C(N)NC(=NC1CC1)/C(N=CC1C(C)C1(O)C(O)C(COP(=O)(NC(CC(C)C)C(=O)OCC)NC(CC(C)C)C(=O)OCC)OC)=C(\C)N. The number of rotatable bonds is 23. The molecule has 0 aromatic heterocycles. The largest absolute Gasteiger partial charge is 0.465 e. The van der Waals surface area contributed by atoms with E-state index in [0.29, 0.717) is 17.2 Å². The Balaban J connectivity index is 2.37. The van der Waals surface area contributed by atoms with E-state index in [1.807, 2.05) is 27.7 Å². The number of nitrogens with one attached hydrogen (secondary N) is 3. The van der Waals surface area contributed by atoms with Crippen LogP contribution in [-0.2, 0) is 32.9 Å². The number of aliphatic hydroxyl groups excluding tert-OH is 1. The second-order valence-electron chi connectivity index (χ2n) is 14.1. The van der Waals surface area contributed by atoms with Gasteiger partial charge in [0.1, 0.15) is 35.6 Å². The van der Waals surface area contributed by atoms with E-state index in [-0.39, 0.29) is 49.8 Å². The Hall–Kier alpha value is -2.85. The quantitative estimate of drug-likeness (QED) is 0.0344. The number of nitrogens with two attached hydrogens (primary N) is 2. The minimum absolute atomic E-state index is 0.00555. The average Bonchev–Trinajstić information content (AvgIpc) is 3.94. The first-order chi connectivity index (χ1) is 23.8. The standard InChI is InChI=1S/C34H62N7O9P/c1-11-48-32(43)26(15-19(3)4)40-51(46,41-27(16-20(5)6)33(44)49-12-2)50-18-28(47-10)30(42)34(45)21(7)25(34)17-37-29(22(8)35)31(38-23(9)36)39-24-13-14-24/h17,19-21,24-28,30,42,45H,9,11-16,18,35-36H2,1-8,10H3,(H,38,39)(H2,40,41,46)/b29-22-,37-17?. The minimum Gasteiger partial charge on any atom is -0.465 e. The molecule has 2 aliphatic carbocycles. The van der Waals surface area contributed by atoms with Crippen molar-refractivity contribution >= 4 is 31.7 Å². The maximum atomic E-state index is 14.6. The van der Waals surface area contributed by atoms with Crippen molar-refractivity contribution in [1.29, 1.82) is 0 Å². The zero-order chi connectivity index (χ0) is 38.7. The van der Waals surface area contributed by atoms with Gasteiger partial charge < -0.3 is 45.7 Å². The molecule has 9 N–H and O–H groups in total. The van der Waals surface area contributed by atoms with Crippen molar-refractivity contribution in [2.24, 2.45) is 45.1 Å². The van der Waals surface area contributed by atoms with Crippen LogP contribution in [0.15, 0.2) is 33.8 Å². The van der Waals surface area contributed by atoms with Gasteiger partial charge in [0, 0.05) is 24.9 Å². The Labute approximate surface area is 302 Å². The molecule has 0 amide bonds. The van der Waals surface area contributed by atoms with Crippen molar-refractivity contribution in [3.63, 3.8) is 0 Å². The summed E-state index contributed by atoms with van der Waals surface area (Å²) in [6.07, 6.45) is 1.10. The number of aliphatic imine (C=N–C) groups is 2. The fourth-order valence-corrected chi connectivity index (χ4v) is 7.45. The number of ether oxygens (including phenoxy) is 3. The minimum atomic E-state index is -4.29. The first-order valence-electron chi connectivity index (χ1n) is 17.7. The van der Waals surface area contributed by atoms with Crippen LogP contribution in [0.4, 0.5) is 0 Å². The molecule has 292 valence electrons. The summed E-state index contributed by atoms with van der Waals surface area (Å²) in [4.78, 5) is 35.0. The van der Waals surface area contributed by atoms with Crippen LogP contribution >= 0.6 is 7.67 Å². The van der Waals surface area contributed by atoms with Gasteiger partial charge in [0.05, 0.1) is 31.7 Å². The third-order valence-corrected chi connectivity index (χ3v) is 10.4. The van der Waals surface area contributed by atoms with E-state index in [2.05, 4.69) is 32.1 Å². The number of esters is 2. The Morgan fingerprint density at radius 1 is 1.04 bits per heavy atom. The fraction of sp³-hybridized carbons (Fsp3) is 0.765. The molecule has 7 unspecified atom stereocenters. The molecule has 0 aliphatic heterocycles. The first kappa shape index (κ1) is 44.3. The lowest BCUT2D eigenvalue weighted by Crippen LogP contribution is -2.48. The summed E-state index contributed by atoms with van der Waals surface area (Å²) < 4.78 is 36.6. The number of nitrogens with zero attached hydrogens (tertiary/aromatic N) is 2. The topological polar surface area (TPSA) is 241 Å². The molecule has 2 saturated carbocycles. The first-order valence-corrected chi connectivity index (χ1v) is 19.3. The highest BCUT2D eigenvalue weighted by Gasteiger charge is 2.66. The smallest absolute Gasteiger partial charge is 0.342 e. The lowest BCUT2D eigenvalue weighted by Gasteiger charge is -2.32. The number of methoxy groups -OCH3 is 1. The van der Waals surface area contributed by atoms with Crippen molar-refractivity contribution in [2.45, 2.75) is 117 Å². The van der Waals surface area contributed by atoms with Gasteiger partial charge in [-0.3, -0.25) is 24.1 Å². The van der Waals surface area contributed by atoms with Gasteiger partial charge in [0.2, 0.25) is 0 Å². The highest BCUT2D eigenvalue weighted by atomic mass is 31.2. The molecule has 16 nitrogen and oxygen atoms in total. The van der Waals surface area contributed by atoms with Crippen molar-refractivity contribution in [2.75, 3.05) is 26.9 Å². The zero-order valence-electron chi connectivity index (χ0n) is 31.7. The second-order valence-corrected chi connectivity index (χ2v) is 15.9. The predicted octanol–water partition coefficient (Wildman–Crippen LogP) is 2.46. The molecule has 51 heavy (non-hydrogen) atoms. The predicted molar refractivity (Wildman–Crippen MR) is 196 cm³/mol. The Morgan fingerprint density at radius 3 is 1.94 bits per heavy atom. The maximum absolute atomic E-state index is 14.6. The molecular formula is C34H62N7O9P. The van der Waals surface area contributed by atoms with Crippen LogP contribution in [-0.4, -0.2) is 97.1 Å². The fourth-order valence-electron chi connectivity index (χ4n) is 5.63. The monoisotopic (exact) mass is 743 g/mol. The van der Waals surface area contributed by atoms with E-state index in [1.54, 1.807) is 27.7 Å². The Morgan fingerprint density at radius 2 is 1.55 bits per heavy atom. The molecule has 2 fully saturated rings. The summed E-state index contributed by atoms with van der Waals surface area (Å²) in [5.74, 6) is -1.89. The van der Waals surface area contributed by atoms with Gasteiger partial charge in [-0.2, -0.15) is 0 Å². The molecule has 0 radical (unpaired) electrons. The summed E-state index contributed by atoms with van der Waals surface area (Å²) in [7, 11) is -2.98. The van der Waals surface area contributed by atoms with Crippen molar-refractivity contribution in [1.82, 2.24) is 15.5 Å². The van der Waals surface area contributed by atoms with Crippen LogP contribution in [0, 0.1) is 23.7 Å². The van der Waals surface area contributed by atoms with Crippen LogP contribution < -0.4 is 27.0 Å². The molecule has 2 rings (SSSR count). The third kappa shape index (κ3) is 13.3. The molecule has 0 aromatic carbocycles. The summed E-state index contributed by atoms with van der Waals surface area (Å²) in [5.41, 5.74) is 10.9. The summed E-state index contributed by atoms with van der Waals surface area (Å²) in [6.45, 7) is 17.7. The van der Waals surface area contributed by atoms with Crippen molar-refractivity contribution in [3.8, 4) is 0 Å². The molecule has 2 aliphatic rings. The molecule has 0 aromatic rings. The Kier molecular flexibility index (Phi) is 17.2. The number of carbonyl (C=O) groups is 2. The average molecular weight is 744 g/mol. The maximum Gasteiger partial charge on any atom is 0.342 e. The van der Waals surface area contributed by atoms with E-state index < -0.39 is 67.9 Å². The van der Waals surface area contributed by atoms with E-state index in [0.717, 1.165) is 12.8 Å². The second kappa shape index (κ2) is 19.8. The van der Waals surface area contributed by atoms with Crippen molar-refractivity contribution < 1.29 is 43.1 Å². The molecule has 0 bridgehead atoms. The molecule has 7 atom stereocenters. The number of aliphatic hydroxyl groups is 2. The van der Waals surface area contributed by atoms with Crippen LogP contribution in [0.3, 0.4) is 0 Å². The van der Waals surface area contributed by atoms with Gasteiger partial charge >= 0.3 is 19.6 Å². The van der Waals surface area contributed by atoms with Crippen LogP contribution in [0.1, 0.15) is 81.1 Å². The van der Waals surface area contributed by atoms with E-state index in [9.17, 15) is 24.4 Å². The number of hydrogen-bond donors (Lipinski definition) is 7. The summed E-state index contributed by atoms with van der Waals surface area (Å²) in [6, 6.07) is -2.00. The van der Waals surface area contributed by atoms with Crippen LogP contribution in [0.2, 0.25) is 0 Å². The highest BCUT2D eigenvalue weighted by Crippen LogP contribution is 2.53. The van der Waals surface area contributed by atoms with E-state index in [4.69, 9.17) is 30.2 Å². The summed E-state index contributed by atoms with van der Waals surface area (Å²) >= 11 is 0. The van der Waals surface area contributed by atoms with Crippen LogP contribution in [0.5, 0.6) is 0 Å². The van der Waals surface area contributed by atoms with Gasteiger partial charge in [-0.05, 0) is 64.2 Å². The molecular weight excluding hydrogens is 681 g/mol. The number of allylic oxidation sites excluding steroid dienone is 1. The molecule has 0 saturated heterocycles. The lowest BCUT2D eigenvalue weighted by atomic mass is 10.0. The lowest BCUT2D eigenvalue weighted by molar-refractivity contribution is -0.146. The van der Waals surface area contributed by atoms with E-state index in [1.165, 1.54) is 13.3 Å². The number of amidine groups is 1. The van der Waals surface area contributed by atoms with Gasteiger partial charge in [0.25, 0.3) is 0 Å². The normalized spacial score (nSPS) is 24.8. The number of carbonyl (C=O) groups excluding carboxylic acids is 2. The molecule has 0 heterocycles. The van der Waals surface area contributed by atoms with E-state index >= 15 is 0 Å². The molecule has 17 heteroatoms. The zero-order valence-corrected chi connectivity index (χ0v) is 32.6.